The van der Waals surface area contributed by atoms with Crippen LogP contribution in [0.5, 0.6) is 0 Å². The first kappa shape index (κ1) is 18.3. The van der Waals surface area contributed by atoms with Crippen molar-refractivity contribution in [3.8, 4) is 0 Å². The van der Waals surface area contributed by atoms with Crippen molar-refractivity contribution in [3.05, 3.63) is 35.9 Å². The zero-order valence-electron chi connectivity index (χ0n) is 13.3. The summed E-state index contributed by atoms with van der Waals surface area (Å²) in [6, 6.07) is 7.35. The van der Waals surface area contributed by atoms with Crippen LogP contribution in [0.3, 0.4) is 0 Å². The van der Waals surface area contributed by atoms with E-state index in [1.807, 2.05) is 6.92 Å². The molecule has 1 saturated heterocycles. The van der Waals surface area contributed by atoms with Crippen LogP contribution in [-0.2, 0) is 11.3 Å². The molecular weight excluding hydrogens is 323 g/mol. The first-order valence-electron chi connectivity index (χ1n) is 7.75. The number of carbonyl (C=O) groups is 2. The maximum absolute atomic E-state index is 12.8. The van der Waals surface area contributed by atoms with E-state index in [9.17, 15) is 22.8 Å². The van der Waals surface area contributed by atoms with Crippen LogP contribution in [0.15, 0.2) is 30.3 Å². The van der Waals surface area contributed by atoms with Gasteiger partial charge in [0.1, 0.15) is 6.04 Å². The van der Waals surface area contributed by atoms with Crippen molar-refractivity contribution in [2.45, 2.75) is 38.5 Å². The molecular formula is C16H20F3N3O2. The largest absolute Gasteiger partial charge is 0.401 e. The van der Waals surface area contributed by atoms with Gasteiger partial charge in [-0.25, -0.2) is 9.69 Å². The molecule has 1 N–H and O–H groups in total. The van der Waals surface area contributed by atoms with Gasteiger partial charge in [0, 0.05) is 6.54 Å². The second-order valence-corrected chi connectivity index (χ2v) is 5.79. The molecule has 5 nitrogen and oxygen atoms in total. The van der Waals surface area contributed by atoms with E-state index in [4.69, 9.17) is 0 Å². The maximum atomic E-state index is 12.8. The van der Waals surface area contributed by atoms with Crippen LogP contribution in [0.1, 0.15) is 25.3 Å². The number of carbonyl (C=O) groups excluding carboxylic acids is 2. The summed E-state index contributed by atoms with van der Waals surface area (Å²) in [4.78, 5) is 26.0. The van der Waals surface area contributed by atoms with Gasteiger partial charge in [0.25, 0.3) is 5.91 Å². The number of alkyl halides is 3. The fourth-order valence-corrected chi connectivity index (χ4v) is 2.65. The number of hydrogen-bond donors (Lipinski definition) is 1. The van der Waals surface area contributed by atoms with Gasteiger partial charge >= 0.3 is 12.2 Å². The van der Waals surface area contributed by atoms with Crippen LogP contribution < -0.4 is 5.32 Å². The van der Waals surface area contributed by atoms with E-state index in [1.54, 1.807) is 30.3 Å². The van der Waals surface area contributed by atoms with Crippen LogP contribution in [0, 0.1) is 0 Å². The van der Waals surface area contributed by atoms with Crippen molar-refractivity contribution >= 4 is 11.9 Å². The second-order valence-electron chi connectivity index (χ2n) is 5.79. The minimum Gasteiger partial charge on any atom is -0.326 e. The monoisotopic (exact) mass is 343 g/mol. The lowest BCUT2D eigenvalue weighted by atomic mass is 10.2. The van der Waals surface area contributed by atoms with E-state index in [0.29, 0.717) is 18.4 Å². The molecule has 8 heteroatoms. The topological polar surface area (TPSA) is 52.7 Å². The Hall–Kier alpha value is -2.09. The highest BCUT2D eigenvalue weighted by Crippen LogP contribution is 2.20. The summed E-state index contributed by atoms with van der Waals surface area (Å²) in [5, 5.41) is 2.52. The van der Waals surface area contributed by atoms with E-state index < -0.39 is 30.7 Å². The average molecular weight is 343 g/mol. The molecule has 1 fully saturated rings. The summed E-state index contributed by atoms with van der Waals surface area (Å²) in [6.07, 6.45) is -3.25. The fraction of sp³-hybridized carbons (Fsp3) is 0.500. The molecule has 1 heterocycles. The SMILES string of the molecule is CCC[C@@H]1NC(=O)N(CN(Cc2ccccc2)CC(F)(F)F)C1=O. The van der Waals surface area contributed by atoms with Gasteiger partial charge in [-0.2, -0.15) is 13.2 Å². The zero-order valence-corrected chi connectivity index (χ0v) is 13.3. The average Bonchev–Trinajstić information content (AvgIpc) is 2.75. The molecule has 0 radical (unpaired) electrons. The molecule has 0 unspecified atom stereocenters. The molecule has 0 saturated carbocycles. The first-order chi connectivity index (χ1) is 11.3. The molecule has 3 amide bonds. The van der Waals surface area contributed by atoms with Crippen LogP contribution in [0.4, 0.5) is 18.0 Å². The molecule has 1 atom stereocenters. The number of imide groups is 1. The Bertz CT molecular complexity index is 578. The van der Waals surface area contributed by atoms with E-state index >= 15 is 0 Å². The molecule has 0 aliphatic carbocycles. The maximum Gasteiger partial charge on any atom is 0.401 e. The van der Waals surface area contributed by atoms with Gasteiger partial charge in [-0.1, -0.05) is 43.7 Å². The molecule has 1 aliphatic heterocycles. The Morgan fingerprint density at radius 1 is 1.21 bits per heavy atom. The zero-order chi connectivity index (χ0) is 17.7. The molecule has 2 rings (SSSR count). The van der Waals surface area contributed by atoms with Crippen LogP contribution >= 0.6 is 0 Å². The molecule has 132 valence electrons. The fourth-order valence-electron chi connectivity index (χ4n) is 2.65. The Balaban J connectivity index is 2.10. The van der Waals surface area contributed by atoms with E-state index in [2.05, 4.69) is 5.32 Å². The van der Waals surface area contributed by atoms with Gasteiger partial charge in [0.15, 0.2) is 0 Å². The number of halogens is 3. The standard InChI is InChI=1S/C16H20F3N3O2/c1-2-6-13-14(23)22(15(24)20-13)11-21(10-16(17,18)19)9-12-7-4-3-5-8-12/h3-5,7-8,13H,2,6,9-11H2,1H3,(H,20,24)/t13-/m0/s1. The van der Waals surface area contributed by atoms with Crippen molar-refractivity contribution < 1.29 is 22.8 Å². The highest BCUT2D eigenvalue weighted by atomic mass is 19.4. The predicted molar refractivity (Wildman–Crippen MR) is 81.8 cm³/mol. The molecule has 1 aromatic rings. The van der Waals surface area contributed by atoms with E-state index in [0.717, 1.165) is 9.80 Å². The van der Waals surface area contributed by atoms with Crippen molar-refractivity contribution in [1.29, 1.82) is 0 Å². The Kier molecular flexibility index (Phi) is 5.82. The van der Waals surface area contributed by atoms with Crippen molar-refractivity contribution in [3.63, 3.8) is 0 Å². The highest BCUT2D eigenvalue weighted by Gasteiger charge is 2.40. The number of amides is 3. The van der Waals surface area contributed by atoms with Gasteiger partial charge in [-0.05, 0) is 12.0 Å². The number of urea groups is 1. The van der Waals surface area contributed by atoms with Gasteiger partial charge < -0.3 is 5.32 Å². The summed E-state index contributed by atoms with van der Waals surface area (Å²) in [5.41, 5.74) is 0.680. The third-order valence-corrected chi connectivity index (χ3v) is 3.68. The highest BCUT2D eigenvalue weighted by molar-refractivity contribution is 6.04. The third kappa shape index (κ3) is 4.95. The van der Waals surface area contributed by atoms with Crippen molar-refractivity contribution in [2.75, 3.05) is 13.2 Å². The van der Waals surface area contributed by atoms with Gasteiger partial charge in [0.05, 0.1) is 13.2 Å². The number of rotatable bonds is 7. The molecule has 0 spiro atoms. The summed E-state index contributed by atoms with van der Waals surface area (Å²) in [5.74, 6) is -0.470. The normalized spacial score (nSPS) is 18.4. The minimum atomic E-state index is -4.42. The van der Waals surface area contributed by atoms with Crippen LogP contribution in [0.2, 0.25) is 0 Å². The van der Waals surface area contributed by atoms with Crippen LogP contribution in [0.25, 0.3) is 0 Å². The predicted octanol–water partition coefficient (Wildman–Crippen LogP) is 2.73. The lowest BCUT2D eigenvalue weighted by Gasteiger charge is -2.27. The second kappa shape index (κ2) is 7.65. The minimum absolute atomic E-state index is 0.00411. The summed E-state index contributed by atoms with van der Waals surface area (Å²) >= 11 is 0. The Morgan fingerprint density at radius 3 is 2.46 bits per heavy atom. The van der Waals surface area contributed by atoms with Gasteiger partial charge in [-0.3, -0.25) is 9.69 Å². The van der Waals surface area contributed by atoms with E-state index in [-0.39, 0.29) is 13.2 Å². The van der Waals surface area contributed by atoms with Crippen molar-refractivity contribution in [2.24, 2.45) is 0 Å². The quantitative estimate of drug-likeness (QED) is 0.775. The molecule has 24 heavy (non-hydrogen) atoms. The molecule has 0 aromatic heterocycles. The first-order valence-corrected chi connectivity index (χ1v) is 7.75. The summed E-state index contributed by atoms with van der Waals surface area (Å²) < 4.78 is 38.5. The van der Waals surface area contributed by atoms with Gasteiger partial charge in [-0.15, -0.1) is 0 Å². The number of nitrogens with one attached hydrogen (secondary N) is 1. The number of benzene rings is 1. The third-order valence-electron chi connectivity index (χ3n) is 3.68. The smallest absolute Gasteiger partial charge is 0.326 e. The molecule has 1 aliphatic rings. The molecule has 1 aromatic carbocycles. The lowest BCUT2D eigenvalue weighted by molar-refractivity contribution is -0.153. The number of hydrogen-bond acceptors (Lipinski definition) is 3. The van der Waals surface area contributed by atoms with Gasteiger partial charge in [0.2, 0.25) is 0 Å². The summed E-state index contributed by atoms with van der Waals surface area (Å²) in [7, 11) is 0. The van der Waals surface area contributed by atoms with Crippen molar-refractivity contribution in [1.82, 2.24) is 15.1 Å². The van der Waals surface area contributed by atoms with Crippen LogP contribution in [-0.4, -0.2) is 47.2 Å². The Morgan fingerprint density at radius 2 is 1.88 bits per heavy atom. The summed E-state index contributed by atoms with van der Waals surface area (Å²) in [6.45, 7) is 0.278. The number of nitrogens with zero attached hydrogens (tertiary/aromatic N) is 2. The lowest BCUT2D eigenvalue weighted by Crippen LogP contribution is -2.45. The van der Waals surface area contributed by atoms with E-state index in [1.165, 1.54) is 0 Å². The molecule has 0 bridgehead atoms. The Labute approximate surface area is 138 Å².